The summed E-state index contributed by atoms with van der Waals surface area (Å²) in [6.45, 7) is 4.57. The van der Waals surface area contributed by atoms with Crippen LogP contribution in [0.3, 0.4) is 0 Å². The van der Waals surface area contributed by atoms with E-state index in [2.05, 4.69) is 10.2 Å². The molecule has 0 atom stereocenters. The van der Waals surface area contributed by atoms with Crippen molar-refractivity contribution in [3.8, 4) is 23.0 Å². The number of aryl methyl sites for hydroxylation is 2. The van der Waals surface area contributed by atoms with Crippen molar-refractivity contribution in [1.29, 1.82) is 0 Å². The first-order chi connectivity index (χ1) is 13.6. The Bertz CT molecular complexity index is 1030. The number of benzene rings is 1. The number of hydrogen-bond acceptors (Lipinski definition) is 8. The standard InChI is InChI=1S/C20H18N2O6/c1-12-9-15(13(2)27-12)20-22-21-18(28-20)11-26-19(23)6-4-14-3-5-16-17(10-14)25-8-7-24-16/h3-6,9-10H,7-8,11H2,1-2H3/b6-4+. The third-order valence-corrected chi connectivity index (χ3v) is 4.05. The fraction of sp³-hybridized carbons (Fsp3) is 0.250. The number of ether oxygens (including phenoxy) is 3. The Balaban J connectivity index is 1.35. The summed E-state index contributed by atoms with van der Waals surface area (Å²) in [5.41, 5.74) is 1.52. The van der Waals surface area contributed by atoms with Gasteiger partial charge in [0.1, 0.15) is 24.7 Å². The number of furan rings is 1. The van der Waals surface area contributed by atoms with E-state index in [-0.39, 0.29) is 12.5 Å². The molecule has 0 radical (unpaired) electrons. The molecule has 0 aliphatic carbocycles. The van der Waals surface area contributed by atoms with Crippen LogP contribution in [0.4, 0.5) is 0 Å². The van der Waals surface area contributed by atoms with E-state index in [0.717, 1.165) is 16.9 Å². The molecule has 0 unspecified atom stereocenters. The maximum Gasteiger partial charge on any atom is 0.331 e. The second kappa shape index (κ2) is 7.59. The molecule has 0 spiro atoms. The molecule has 4 rings (SSSR count). The summed E-state index contributed by atoms with van der Waals surface area (Å²) >= 11 is 0. The molecule has 1 aliphatic rings. The van der Waals surface area contributed by atoms with Crippen molar-refractivity contribution in [3.05, 3.63) is 53.3 Å². The molecule has 0 fully saturated rings. The molecular formula is C20H18N2O6. The second-order valence-electron chi connectivity index (χ2n) is 6.17. The Kier molecular flexibility index (Phi) is 4.84. The van der Waals surface area contributed by atoms with Gasteiger partial charge in [0.2, 0.25) is 0 Å². The van der Waals surface area contributed by atoms with Crippen LogP contribution >= 0.6 is 0 Å². The van der Waals surface area contributed by atoms with Crippen LogP contribution in [-0.4, -0.2) is 29.4 Å². The smallest absolute Gasteiger partial charge is 0.331 e. The monoisotopic (exact) mass is 382 g/mol. The first-order valence-corrected chi connectivity index (χ1v) is 8.73. The van der Waals surface area contributed by atoms with Crippen LogP contribution in [-0.2, 0) is 16.1 Å². The van der Waals surface area contributed by atoms with Gasteiger partial charge in [0.25, 0.3) is 11.8 Å². The van der Waals surface area contributed by atoms with Gasteiger partial charge >= 0.3 is 5.97 Å². The molecule has 0 N–H and O–H groups in total. The lowest BCUT2D eigenvalue weighted by atomic mass is 10.2. The minimum absolute atomic E-state index is 0.118. The number of rotatable bonds is 5. The molecule has 28 heavy (non-hydrogen) atoms. The minimum Gasteiger partial charge on any atom is -0.486 e. The molecule has 0 saturated carbocycles. The quantitative estimate of drug-likeness (QED) is 0.489. The summed E-state index contributed by atoms with van der Waals surface area (Å²) in [7, 11) is 0. The normalized spacial score (nSPS) is 13.1. The van der Waals surface area contributed by atoms with Gasteiger partial charge in [0, 0.05) is 6.08 Å². The largest absolute Gasteiger partial charge is 0.486 e. The number of aromatic nitrogens is 2. The molecule has 0 saturated heterocycles. The molecule has 8 nitrogen and oxygen atoms in total. The van der Waals surface area contributed by atoms with Crippen molar-refractivity contribution in [1.82, 2.24) is 10.2 Å². The van der Waals surface area contributed by atoms with Crippen LogP contribution in [0.5, 0.6) is 11.5 Å². The lowest BCUT2D eigenvalue weighted by Gasteiger charge is -2.18. The van der Waals surface area contributed by atoms with Gasteiger partial charge in [0.05, 0.1) is 5.56 Å². The highest BCUT2D eigenvalue weighted by Gasteiger charge is 2.15. The predicted octanol–water partition coefficient (Wildman–Crippen LogP) is 3.47. The first-order valence-electron chi connectivity index (χ1n) is 8.73. The number of fused-ring (bicyclic) bond motifs is 1. The van der Waals surface area contributed by atoms with Crippen LogP contribution in [0.25, 0.3) is 17.5 Å². The highest BCUT2D eigenvalue weighted by atomic mass is 16.6. The zero-order chi connectivity index (χ0) is 19.5. The van der Waals surface area contributed by atoms with Crippen molar-refractivity contribution in [2.45, 2.75) is 20.5 Å². The molecule has 1 aliphatic heterocycles. The van der Waals surface area contributed by atoms with Crippen molar-refractivity contribution in [2.75, 3.05) is 13.2 Å². The van der Waals surface area contributed by atoms with Gasteiger partial charge < -0.3 is 23.0 Å². The van der Waals surface area contributed by atoms with Crippen LogP contribution < -0.4 is 9.47 Å². The van der Waals surface area contributed by atoms with Crippen LogP contribution in [0.2, 0.25) is 0 Å². The van der Waals surface area contributed by atoms with E-state index in [1.807, 2.05) is 26.0 Å². The van der Waals surface area contributed by atoms with Crippen LogP contribution in [0.1, 0.15) is 23.0 Å². The van der Waals surface area contributed by atoms with Gasteiger partial charge in [0.15, 0.2) is 18.1 Å². The molecule has 3 aromatic rings. The fourth-order valence-corrected chi connectivity index (χ4v) is 2.77. The zero-order valence-corrected chi connectivity index (χ0v) is 15.4. The summed E-state index contributed by atoms with van der Waals surface area (Å²) in [5.74, 6) is 2.80. The van der Waals surface area contributed by atoms with Crippen molar-refractivity contribution < 1.29 is 27.8 Å². The van der Waals surface area contributed by atoms with E-state index >= 15 is 0 Å². The molecule has 1 aromatic carbocycles. The molecule has 8 heteroatoms. The van der Waals surface area contributed by atoms with E-state index in [9.17, 15) is 4.79 Å². The molecule has 0 bridgehead atoms. The number of hydrogen-bond donors (Lipinski definition) is 0. The molecule has 3 heterocycles. The van der Waals surface area contributed by atoms with Crippen molar-refractivity contribution >= 4 is 12.0 Å². The molecule has 0 amide bonds. The molecule has 2 aromatic heterocycles. The summed E-state index contributed by atoms with van der Waals surface area (Å²) < 4.78 is 27.1. The van der Waals surface area contributed by atoms with Crippen molar-refractivity contribution in [3.63, 3.8) is 0 Å². The first kappa shape index (κ1) is 17.8. The highest BCUT2D eigenvalue weighted by Crippen LogP contribution is 2.31. The third kappa shape index (κ3) is 3.90. The third-order valence-electron chi connectivity index (χ3n) is 4.05. The lowest BCUT2D eigenvalue weighted by molar-refractivity contribution is -0.139. The molecule has 144 valence electrons. The second-order valence-corrected chi connectivity index (χ2v) is 6.17. The van der Waals surface area contributed by atoms with Gasteiger partial charge in [-0.1, -0.05) is 6.07 Å². The van der Waals surface area contributed by atoms with Crippen LogP contribution in [0.15, 0.2) is 39.2 Å². The number of carbonyl (C=O) groups excluding carboxylic acids is 1. The topological polar surface area (TPSA) is 96.8 Å². The number of esters is 1. The minimum atomic E-state index is -0.523. The van der Waals surface area contributed by atoms with E-state index in [1.165, 1.54) is 6.08 Å². The summed E-state index contributed by atoms with van der Waals surface area (Å²) in [6, 6.07) is 7.25. The Morgan fingerprint density at radius 2 is 1.93 bits per heavy atom. The zero-order valence-electron chi connectivity index (χ0n) is 15.4. The number of nitrogens with zero attached hydrogens (tertiary/aromatic N) is 2. The lowest BCUT2D eigenvalue weighted by Crippen LogP contribution is -2.15. The summed E-state index contributed by atoms with van der Waals surface area (Å²) in [5, 5.41) is 7.85. The average molecular weight is 382 g/mol. The van der Waals surface area contributed by atoms with E-state index in [4.69, 9.17) is 23.0 Å². The van der Waals surface area contributed by atoms with E-state index in [1.54, 1.807) is 18.2 Å². The fourth-order valence-electron chi connectivity index (χ4n) is 2.77. The maximum absolute atomic E-state index is 11.9. The maximum atomic E-state index is 11.9. The summed E-state index contributed by atoms with van der Waals surface area (Å²) in [6.07, 6.45) is 2.96. The van der Waals surface area contributed by atoms with E-state index < -0.39 is 5.97 Å². The average Bonchev–Trinajstić information content (AvgIpc) is 3.30. The summed E-state index contributed by atoms with van der Waals surface area (Å²) in [4.78, 5) is 11.9. The highest BCUT2D eigenvalue weighted by molar-refractivity contribution is 5.87. The Morgan fingerprint density at radius 3 is 2.71 bits per heavy atom. The molecular weight excluding hydrogens is 364 g/mol. The Morgan fingerprint density at radius 1 is 1.11 bits per heavy atom. The van der Waals surface area contributed by atoms with Gasteiger partial charge in [-0.25, -0.2) is 4.79 Å². The number of carbonyl (C=O) groups is 1. The predicted molar refractivity (Wildman–Crippen MR) is 97.7 cm³/mol. The van der Waals surface area contributed by atoms with Crippen LogP contribution in [0, 0.1) is 13.8 Å². The van der Waals surface area contributed by atoms with E-state index in [0.29, 0.717) is 36.4 Å². The Hall–Kier alpha value is -3.55. The van der Waals surface area contributed by atoms with Gasteiger partial charge in [-0.15, -0.1) is 10.2 Å². The Labute approximate surface area is 160 Å². The van der Waals surface area contributed by atoms with Crippen molar-refractivity contribution in [2.24, 2.45) is 0 Å². The SMILES string of the molecule is Cc1cc(-c2nnc(COC(=O)/C=C/c3ccc4c(c3)OCCO4)o2)c(C)o1. The van der Waals surface area contributed by atoms with Gasteiger partial charge in [-0.3, -0.25) is 0 Å². The van der Waals surface area contributed by atoms with Gasteiger partial charge in [-0.2, -0.15) is 0 Å². The van der Waals surface area contributed by atoms with Gasteiger partial charge in [-0.05, 0) is 43.7 Å².